The summed E-state index contributed by atoms with van der Waals surface area (Å²) < 4.78 is 1.07. The number of rotatable bonds is 1. The minimum absolute atomic E-state index is 0.0775. The lowest BCUT2D eigenvalue weighted by Crippen LogP contribution is -2.23. The number of carbonyl (C=O) groups is 1. The van der Waals surface area contributed by atoms with Crippen LogP contribution in [0.3, 0.4) is 0 Å². The minimum Gasteiger partial charge on any atom is -0.383 e. The van der Waals surface area contributed by atoms with Gasteiger partial charge in [0.2, 0.25) is 0 Å². The molecule has 1 aromatic rings. The fraction of sp³-hybridized carbons (Fsp3) is 0.200. The molecule has 5 heteroatoms. The lowest BCUT2D eigenvalue weighted by Gasteiger charge is -1.97. The Morgan fingerprint density at radius 2 is 2.50 bits per heavy atom. The monoisotopic (exact) mass is 140 g/mol. The molecule has 1 rings (SSSR count). The molecule has 0 unspecified atom stereocenters. The van der Waals surface area contributed by atoms with Crippen LogP contribution in [0.1, 0.15) is 4.79 Å². The van der Waals surface area contributed by atoms with E-state index >= 15 is 0 Å². The smallest absolute Gasteiger partial charge is 0.262 e. The van der Waals surface area contributed by atoms with Gasteiger partial charge >= 0.3 is 0 Å². The largest absolute Gasteiger partial charge is 0.383 e. The highest BCUT2D eigenvalue weighted by Crippen LogP contribution is 1.97. The lowest BCUT2D eigenvalue weighted by molar-refractivity contribution is 0.0911. The zero-order valence-corrected chi connectivity index (χ0v) is 5.32. The maximum absolute atomic E-state index is 10.8. The van der Waals surface area contributed by atoms with E-state index in [-0.39, 0.29) is 12.5 Å². The highest BCUT2D eigenvalue weighted by Gasteiger charge is 2.04. The van der Waals surface area contributed by atoms with Crippen LogP contribution in [0.2, 0.25) is 0 Å². The van der Waals surface area contributed by atoms with Crippen LogP contribution >= 0.6 is 0 Å². The molecule has 0 bridgehead atoms. The van der Waals surface area contributed by atoms with Gasteiger partial charge in [-0.1, -0.05) is 0 Å². The van der Waals surface area contributed by atoms with Crippen LogP contribution < -0.4 is 11.5 Å². The maximum atomic E-state index is 10.8. The van der Waals surface area contributed by atoms with Gasteiger partial charge in [0.25, 0.3) is 5.91 Å². The van der Waals surface area contributed by atoms with Crippen LogP contribution in [0.5, 0.6) is 0 Å². The predicted molar refractivity (Wildman–Crippen MR) is 36.3 cm³/mol. The molecule has 1 heterocycles. The molecule has 10 heavy (non-hydrogen) atoms. The second-order valence-electron chi connectivity index (χ2n) is 1.77. The number of aromatic nitrogens is 2. The van der Waals surface area contributed by atoms with Crippen LogP contribution in [0.15, 0.2) is 12.3 Å². The van der Waals surface area contributed by atoms with Crippen LogP contribution in [-0.4, -0.2) is 22.2 Å². The molecule has 0 saturated heterocycles. The van der Waals surface area contributed by atoms with Crippen molar-refractivity contribution in [2.24, 2.45) is 5.73 Å². The second-order valence-corrected chi connectivity index (χ2v) is 1.77. The van der Waals surface area contributed by atoms with Crippen molar-refractivity contribution >= 4 is 11.7 Å². The average molecular weight is 140 g/mol. The highest BCUT2D eigenvalue weighted by molar-refractivity contribution is 5.82. The summed E-state index contributed by atoms with van der Waals surface area (Å²) in [5.41, 5.74) is 10.4. The van der Waals surface area contributed by atoms with Crippen molar-refractivity contribution < 1.29 is 4.79 Å². The minimum atomic E-state index is -0.303. The van der Waals surface area contributed by atoms with Crippen molar-refractivity contribution in [3.63, 3.8) is 0 Å². The van der Waals surface area contributed by atoms with E-state index < -0.39 is 0 Å². The van der Waals surface area contributed by atoms with Crippen molar-refractivity contribution in [2.75, 3.05) is 12.3 Å². The van der Waals surface area contributed by atoms with Crippen molar-refractivity contribution in [1.82, 2.24) is 9.78 Å². The van der Waals surface area contributed by atoms with Gasteiger partial charge in [0.1, 0.15) is 5.82 Å². The van der Waals surface area contributed by atoms with E-state index in [4.69, 9.17) is 11.5 Å². The number of nitrogens with two attached hydrogens (primary N) is 2. The summed E-state index contributed by atoms with van der Waals surface area (Å²) in [7, 11) is 0. The van der Waals surface area contributed by atoms with E-state index in [1.54, 1.807) is 0 Å². The Morgan fingerprint density at radius 1 is 1.80 bits per heavy atom. The molecular formula is C5H8N4O. The van der Waals surface area contributed by atoms with E-state index in [1.807, 2.05) is 0 Å². The van der Waals surface area contributed by atoms with E-state index in [2.05, 4.69) is 5.10 Å². The Labute approximate surface area is 57.6 Å². The Balaban J connectivity index is 2.93. The number of anilines is 1. The first-order valence-electron chi connectivity index (χ1n) is 2.78. The van der Waals surface area contributed by atoms with Gasteiger partial charge in [0.15, 0.2) is 0 Å². The standard InChI is InChI=1S/C5H8N4O/c6-3-5(10)9-4(7)1-2-8-9/h1-2H,3,6-7H2. The van der Waals surface area contributed by atoms with Gasteiger partial charge in [0.05, 0.1) is 12.7 Å². The fourth-order valence-corrected chi connectivity index (χ4v) is 0.608. The number of hydrogen-bond donors (Lipinski definition) is 2. The van der Waals surface area contributed by atoms with Gasteiger partial charge in [-0.25, -0.2) is 0 Å². The van der Waals surface area contributed by atoms with Gasteiger partial charge in [-0.05, 0) is 0 Å². The molecule has 0 aliphatic rings. The molecule has 0 saturated carbocycles. The molecule has 5 nitrogen and oxygen atoms in total. The number of hydrogen-bond acceptors (Lipinski definition) is 4. The second kappa shape index (κ2) is 2.49. The predicted octanol–water partition coefficient (Wildman–Crippen LogP) is -0.936. The quantitative estimate of drug-likeness (QED) is 0.527. The molecule has 54 valence electrons. The molecule has 0 atom stereocenters. The SMILES string of the molecule is NCC(=O)n1nccc1N. The topological polar surface area (TPSA) is 86.9 Å². The molecule has 0 amide bonds. The molecule has 0 fully saturated rings. The molecule has 0 aliphatic heterocycles. The summed E-state index contributed by atoms with van der Waals surface area (Å²) >= 11 is 0. The maximum Gasteiger partial charge on any atom is 0.262 e. The Morgan fingerprint density at radius 3 is 2.90 bits per heavy atom. The third-order valence-electron chi connectivity index (χ3n) is 1.08. The zero-order chi connectivity index (χ0) is 7.56. The Hall–Kier alpha value is -1.36. The molecule has 0 aromatic carbocycles. The molecule has 4 N–H and O–H groups in total. The van der Waals surface area contributed by atoms with Gasteiger partial charge in [-0.2, -0.15) is 9.78 Å². The van der Waals surface area contributed by atoms with Crippen molar-refractivity contribution in [2.45, 2.75) is 0 Å². The normalized spacial score (nSPS) is 9.70. The molecule has 1 aromatic heterocycles. The van der Waals surface area contributed by atoms with E-state index in [9.17, 15) is 4.79 Å². The third kappa shape index (κ3) is 0.985. The van der Waals surface area contributed by atoms with Crippen LogP contribution in [0.25, 0.3) is 0 Å². The summed E-state index contributed by atoms with van der Waals surface area (Å²) in [5, 5.41) is 3.65. The van der Waals surface area contributed by atoms with E-state index in [1.165, 1.54) is 12.3 Å². The number of nitrogen functional groups attached to an aromatic ring is 1. The molecule has 0 radical (unpaired) electrons. The Kier molecular flexibility index (Phi) is 1.68. The van der Waals surface area contributed by atoms with Crippen molar-refractivity contribution in [3.8, 4) is 0 Å². The number of nitrogens with zero attached hydrogens (tertiary/aromatic N) is 2. The molecular weight excluding hydrogens is 132 g/mol. The van der Waals surface area contributed by atoms with Crippen LogP contribution in [0, 0.1) is 0 Å². The lowest BCUT2D eigenvalue weighted by atomic mass is 10.6. The summed E-state index contributed by atoms with van der Waals surface area (Å²) in [6.07, 6.45) is 1.45. The zero-order valence-electron chi connectivity index (χ0n) is 5.32. The summed E-state index contributed by atoms with van der Waals surface area (Å²) in [5.74, 6) is 0.0120. The van der Waals surface area contributed by atoms with E-state index in [0.717, 1.165) is 4.68 Å². The van der Waals surface area contributed by atoms with Crippen molar-refractivity contribution in [3.05, 3.63) is 12.3 Å². The first-order chi connectivity index (χ1) is 4.75. The average Bonchev–Trinajstić information content (AvgIpc) is 2.34. The van der Waals surface area contributed by atoms with Gasteiger partial charge in [-0.15, -0.1) is 0 Å². The van der Waals surface area contributed by atoms with Crippen LogP contribution in [-0.2, 0) is 0 Å². The molecule has 0 aliphatic carbocycles. The van der Waals surface area contributed by atoms with Gasteiger partial charge < -0.3 is 11.5 Å². The van der Waals surface area contributed by atoms with Gasteiger partial charge in [-0.3, -0.25) is 4.79 Å². The molecule has 0 spiro atoms. The van der Waals surface area contributed by atoms with E-state index in [0.29, 0.717) is 5.82 Å². The van der Waals surface area contributed by atoms with Crippen molar-refractivity contribution in [1.29, 1.82) is 0 Å². The van der Waals surface area contributed by atoms with Crippen LogP contribution in [0.4, 0.5) is 5.82 Å². The Bertz CT molecular complexity index is 242. The summed E-state index contributed by atoms with van der Waals surface area (Å²) in [6.45, 7) is -0.0775. The highest BCUT2D eigenvalue weighted by atomic mass is 16.2. The summed E-state index contributed by atoms with van der Waals surface area (Å²) in [6, 6.07) is 1.54. The third-order valence-corrected chi connectivity index (χ3v) is 1.08. The number of carbonyl (C=O) groups excluding carboxylic acids is 1. The fourth-order valence-electron chi connectivity index (χ4n) is 0.608. The first-order valence-corrected chi connectivity index (χ1v) is 2.78. The summed E-state index contributed by atoms with van der Waals surface area (Å²) in [4.78, 5) is 10.8. The first kappa shape index (κ1) is 6.76. The van der Waals surface area contributed by atoms with Gasteiger partial charge in [0, 0.05) is 6.07 Å².